The highest BCUT2D eigenvalue weighted by Gasteiger charge is 2.15. The minimum absolute atomic E-state index is 0.0124. The number of morpholine rings is 1. The zero-order valence-electron chi connectivity index (χ0n) is 12.8. The number of carbonyl (C=O) groups is 1. The van der Waals surface area contributed by atoms with Gasteiger partial charge in [-0.3, -0.25) is 9.69 Å². The number of nitrogens with zero attached hydrogens (tertiary/aromatic N) is 1. The first kappa shape index (κ1) is 16.8. The summed E-state index contributed by atoms with van der Waals surface area (Å²) in [7, 11) is 0. The summed E-state index contributed by atoms with van der Waals surface area (Å²) in [5.41, 5.74) is 0.730. The molecule has 4 nitrogen and oxygen atoms in total. The van der Waals surface area contributed by atoms with E-state index >= 15 is 0 Å². The van der Waals surface area contributed by atoms with Crippen molar-refractivity contribution < 1.29 is 18.3 Å². The van der Waals surface area contributed by atoms with Crippen LogP contribution in [0, 0.1) is 11.6 Å². The zero-order valence-corrected chi connectivity index (χ0v) is 12.8. The quantitative estimate of drug-likeness (QED) is 0.870. The number of ether oxygens (including phenoxy) is 1. The molecule has 1 heterocycles. The summed E-state index contributed by atoms with van der Waals surface area (Å²) in [6, 6.07) is 3.90. The minimum Gasteiger partial charge on any atom is -0.379 e. The predicted molar refractivity (Wildman–Crippen MR) is 79.5 cm³/mol. The molecular weight excluding hydrogens is 290 g/mol. The Bertz CT molecular complexity index is 505. The minimum atomic E-state index is -0.837. The van der Waals surface area contributed by atoms with Crippen LogP contribution in [-0.2, 0) is 16.0 Å². The summed E-state index contributed by atoms with van der Waals surface area (Å²) in [5.74, 6) is -1.68. The van der Waals surface area contributed by atoms with E-state index in [1.807, 2.05) is 6.92 Å². The number of nitrogens with one attached hydrogen (secondary N) is 1. The summed E-state index contributed by atoms with van der Waals surface area (Å²) in [6.45, 7) is 5.17. The van der Waals surface area contributed by atoms with Crippen LogP contribution in [0.3, 0.4) is 0 Å². The molecule has 1 atom stereocenters. The van der Waals surface area contributed by atoms with Crippen LogP contribution >= 0.6 is 0 Å². The topological polar surface area (TPSA) is 41.6 Å². The van der Waals surface area contributed by atoms with Gasteiger partial charge in [-0.25, -0.2) is 8.78 Å². The lowest BCUT2D eigenvalue weighted by Gasteiger charge is -2.26. The van der Waals surface area contributed by atoms with E-state index in [4.69, 9.17) is 4.74 Å². The fraction of sp³-hybridized carbons (Fsp3) is 0.562. The Kier molecular flexibility index (Phi) is 6.27. The molecule has 0 saturated carbocycles. The lowest BCUT2D eigenvalue weighted by Crippen LogP contribution is -2.45. The largest absolute Gasteiger partial charge is 0.379 e. The van der Waals surface area contributed by atoms with Crippen molar-refractivity contribution in [3.8, 4) is 0 Å². The Balaban J connectivity index is 1.71. The van der Waals surface area contributed by atoms with Gasteiger partial charge in [0.15, 0.2) is 11.6 Å². The molecule has 2 rings (SSSR count). The third kappa shape index (κ3) is 5.35. The van der Waals surface area contributed by atoms with Crippen molar-refractivity contribution in [1.82, 2.24) is 10.2 Å². The number of hydrogen-bond acceptors (Lipinski definition) is 3. The van der Waals surface area contributed by atoms with Crippen LogP contribution in [-0.4, -0.2) is 49.7 Å². The third-order valence-corrected chi connectivity index (χ3v) is 3.73. The van der Waals surface area contributed by atoms with Crippen molar-refractivity contribution in [2.45, 2.75) is 25.8 Å². The molecule has 0 bridgehead atoms. The van der Waals surface area contributed by atoms with Crippen LogP contribution in [0.2, 0.25) is 0 Å². The van der Waals surface area contributed by atoms with E-state index in [0.717, 1.165) is 24.7 Å². The molecule has 0 aromatic heterocycles. The molecule has 1 aromatic carbocycles. The van der Waals surface area contributed by atoms with Crippen LogP contribution in [0.5, 0.6) is 0 Å². The molecule has 1 saturated heterocycles. The molecule has 6 heteroatoms. The molecule has 0 aliphatic carbocycles. The highest BCUT2D eigenvalue weighted by atomic mass is 19.2. The number of benzene rings is 1. The molecule has 1 aromatic rings. The molecule has 1 aliphatic heterocycles. The summed E-state index contributed by atoms with van der Waals surface area (Å²) in [4.78, 5) is 14.0. The van der Waals surface area contributed by atoms with Crippen molar-refractivity contribution in [3.05, 3.63) is 35.4 Å². The molecule has 122 valence electrons. The van der Waals surface area contributed by atoms with E-state index < -0.39 is 11.6 Å². The maximum atomic E-state index is 13.1. The van der Waals surface area contributed by atoms with Crippen LogP contribution in [0.15, 0.2) is 18.2 Å². The van der Waals surface area contributed by atoms with Gasteiger partial charge in [0.1, 0.15) is 0 Å². The van der Waals surface area contributed by atoms with Gasteiger partial charge in [-0.05, 0) is 37.5 Å². The Morgan fingerprint density at radius 3 is 2.73 bits per heavy atom. The maximum Gasteiger partial charge on any atom is 0.234 e. The van der Waals surface area contributed by atoms with E-state index in [0.29, 0.717) is 32.6 Å². The summed E-state index contributed by atoms with van der Waals surface area (Å²) >= 11 is 0. The van der Waals surface area contributed by atoms with Gasteiger partial charge < -0.3 is 10.1 Å². The fourth-order valence-corrected chi connectivity index (χ4v) is 2.43. The van der Waals surface area contributed by atoms with E-state index in [2.05, 4.69) is 10.2 Å². The molecule has 1 amide bonds. The second-order valence-corrected chi connectivity index (χ2v) is 5.64. The Morgan fingerprint density at radius 2 is 2.05 bits per heavy atom. The summed E-state index contributed by atoms with van der Waals surface area (Å²) in [6.07, 6.45) is 1.27. The molecule has 1 aliphatic rings. The average Bonchev–Trinajstić information content (AvgIpc) is 2.49. The Morgan fingerprint density at radius 1 is 1.32 bits per heavy atom. The van der Waals surface area contributed by atoms with Crippen molar-refractivity contribution >= 4 is 5.91 Å². The molecule has 0 unspecified atom stereocenters. The maximum absolute atomic E-state index is 13.1. The van der Waals surface area contributed by atoms with E-state index in [1.165, 1.54) is 6.07 Å². The van der Waals surface area contributed by atoms with Crippen molar-refractivity contribution in [2.75, 3.05) is 32.8 Å². The number of halogens is 2. The number of amides is 1. The zero-order chi connectivity index (χ0) is 15.9. The highest BCUT2D eigenvalue weighted by molar-refractivity contribution is 5.78. The van der Waals surface area contributed by atoms with Gasteiger partial charge in [0.05, 0.1) is 19.8 Å². The number of carbonyl (C=O) groups excluding carboxylic acids is 1. The average molecular weight is 312 g/mol. The normalized spacial score (nSPS) is 17.2. The third-order valence-electron chi connectivity index (χ3n) is 3.73. The van der Waals surface area contributed by atoms with Crippen LogP contribution in [0.4, 0.5) is 8.78 Å². The fourth-order valence-electron chi connectivity index (χ4n) is 2.43. The van der Waals surface area contributed by atoms with E-state index in [-0.39, 0.29) is 11.9 Å². The Hall–Kier alpha value is -1.53. The van der Waals surface area contributed by atoms with Crippen molar-refractivity contribution in [1.29, 1.82) is 0 Å². The summed E-state index contributed by atoms with van der Waals surface area (Å²) < 4.78 is 31.2. The second kappa shape index (κ2) is 8.19. The first-order chi connectivity index (χ1) is 10.5. The van der Waals surface area contributed by atoms with Gasteiger partial charge in [-0.2, -0.15) is 0 Å². The molecule has 1 fully saturated rings. The SMILES string of the molecule is C[C@H](CCc1ccc(F)c(F)c1)NC(=O)CN1CCOCC1. The highest BCUT2D eigenvalue weighted by Crippen LogP contribution is 2.11. The van der Waals surface area contributed by atoms with E-state index in [1.54, 1.807) is 6.07 Å². The Labute approximate surface area is 129 Å². The van der Waals surface area contributed by atoms with E-state index in [9.17, 15) is 13.6 Å². The molecule has 0 spiro atoms. The molecule has 1 N–H and O–H groups in total. The second-order valence-electron chi connectivity index (χ2n) is 5.64. The van der Waals surface area contributed by atoms with Gasteiger partial charge in [0.25, 0.3) is 0 Å². The smallest absolute Gasteiger partial charge is 0.234 e. The number of hydrogen-bond donors (Lipinski definition) is 1. The lowest BCUT2D eigenvalue weighted by atomic mass is 10.1. The first-order valence-electron chi connectivity index (χ1n) is 7.58. The van der Waals surface area contributed by atoms with Gasteiger partial charge >= 0.3 is 0 Å². The summed E-state index contributed by atoms with van der Waals surface area (Å²) in [5, 5.41) is 2.93. The van der Waals surface area contributed by atoms with Crippen LogP contribution in [0.25, 0.3) is 0 Å². The van der Waals surface area contributed by atoms with Crippen molar-refractivity contribution in [3.63, 3.8) is 0 Å². The van der Waals surface area contributed by atoms with Gasteiger partial charge in [0.2, 0.25) is 5.91 Å². The first-order valence-corrected chi connectivity index (χ1v) is 7.58. The van der Waals surface area contributed by atoms with Crippen LogP contribution in [0.1, 0.15) is 18.9 Å². The van der Waals surface area contributed by atoms with Gasteiger partial charge in [-0.15, -0.1) is 0 Å². The van der Waals surface area contributed by atoms with Gasteiger partial charge in [0, 0.05) is 19.1 Å². The number of rotatable bonds is 6. The standard InChI is InChI=1S/C16H22F2N2O2/c1-12(2-3-13-4-5-14(17)15(18)10-13)19-16(21)11-20-6-8-22-9-7-20/h4-5,10,12H,2-3,6-9,11H2,1H3,(H,19,21)/t12-/m1/s1. The predicted octanol–water partition coefficient (Wildman–Crippen LogP) is 1.73. The van der Waals surface area contributed by atoms with Gasteiger partial charge in [-0.1, -0.05) is 6.07 Å². The lowest BCUT2D eigenvalue weighted by molar-refractivity contribution is -0.123. The van der Waals surface area contributed by atoms with Crippen LogP contribution < -0.4 is 5.32 Å². The molecular formula is C16H22F2N2O2. The monoisotopic (exact) mass is 312 g/mol. The van der Waals surface area contributed by atoms with Crippen molar-refractivity contribution in [2.24, 2.45) is 0 Å². The molecule has 22 heavy (non-hydrogen) atoms. The molecule has 0 radical (unpaired) electrons. The number of aryl methyl sites for hydroxylation is 1.